The zero-order chi connectivity index (χ0) is 17.6. The van der Waals surface area contributed by atoms with Crippen LogP contribution in [0.4, 0.5) is 0 Å². The van der Waals surface area contributed by atoms with Gasteiger partial charge in [-0.1, -0.05) is 11.6 Å². The van der Waals surface area contributed by atoms with Crippen molar-refractivity contribution in [1.29, 1.82) is 5.26 Å². The van der Waals surface area contributed by atoms with Crippen LogP contribution in [0.15, 0.2) is 11.6 Å². The van der Waals surface area contributed by atoms with Gasteiger partial charge in [-0.25, -0.2) is 0 Å². The monoisotopic (exact) mass is 351 g/mol. The Morgan fingerprint density at radius 2 is 1.88 bits per heavy atom. The van der Waals surface area contributed by atoms with Crippen LogP contribution in [0.2, 0.25) is 0 Å². The highest BCUT2D eigenvalue weighted by atomic mass is 35.5. The number of carbonyl (C=O) groups excluding carboxylic acids is 2. The molecule has 5 nitrogen and oxygen atoms in total. The molecule has 3 rings (SSSR count). The average Bonchev–Trinajstić information content (AvgIpc) is 3.14. The third-order valence-corrected chi connectivity index (χ3v) is 6.05. The molecule has 0 heterocycles. The SMILES string of the molecule is CCOC(=O)C1(C(=O)OCC)CC2=CC3(CC3)CC(Cl)(C#N)[C@@H]2C1. The van der Waals surface area contributed by atoms with Crippen LogP contribution < -0.4 is 0 Å². The Labute approximate surface area is 146 Å². The molecule has 0 aromatic heterocycles. The number of halogens is 1. The first kappa shape index (κ1) is 17.3. The minimum Gasteiger partial charge on any atom is -0.465 e. The lowest BCUT2D eigenvalue weighted by Gasteiger charge is -2.35. The van der Waals surface area contributed by atoms with E-state index in [1.165, 1.54) is 0 Å². The van der Waals surface area contributed by atoms with Crippen LogP contribution in [0.3, 0.4) is 0 Å². The van der Waals surface area contributed by atoms with Crippen molar-refractivity contribution >= 4 is 23.5 Å². The van der Waals surface area contributed by atoms with Crippen molar-refractivity contribution in [3.05, 3.63) is 11.6 Å². The molecular formula is C18H22ClNO4. The summed E-state index contributed by atoms with van der Waals surface area (Å²) in [7, 11) is 0. The second-order valence-electron chi connectivity index (χ2n) is 7.19. The smallest absolute Gasteiger partial charge is 0.323 e. The molecule has 0 N–H and O–H groups in total. The van der Waals surface area contributed by atoms with Crippen LogP contribution in [0, 0.1) is 28.1 Å². The highest BCUT2D eigenvalue weighted by molar-refractivity contribution is 6.26. The fraction of sp³-hybridized carbons (Fsp3) is 0.722. The van der Waals surface area contributed by atoms with Crippen LogP contribution in [-0.4, -0.2) is 30.0 Å². The van der Waals surface area contributed by atoms with Gasteiger partial charge in [0.2, 0.25) is 0 Å². The lowest BCUT2D eigenvalue weighted by molar-refractivity contribution is -0.171. The van der Waals surface area contributed by atoms with Gasteiger partial charge in [-0.05, 0) is 51.4 Å². The van der Waals surface area contributed by atoms with E-state index in [4.69, 9.17) is 21.1 Å². The summed E-state index contributed by atoms with van der Waals surface area (Å²) in [5.74, 6) is -1.45. The fourth-order valence-electron chi connectivity index (χ4n) is 4.24. The Hall–Kier alpha value is -1.54. The second-order valence-corrected chi connectivity index (χ2v) is 7.86. The van der Waals surface area contributed by atoms with E-state index in [1.807, 2.05) is 0 Å². The Balaban J connectivity index is 2.01. The summed E-state index contributed by atoms with van der Waals surface area (Å²) in [5.41, 5.74) is -0.459. The van der Waals surface area contributed by atoms with Gasteiger partial charge in [-0.2, -0.15) is 5.26 Å². The predicted molar refractivity (Wildman–Crippen MR) is 87.0 cm³/mol. The Bertz CT molecular complexity index is 628. The number of fused-ring (bicyclic) bond motifs is 1. The van der Waals surface area contributed by atoms with Crippen molar-refractivity contribution in [1.82, 2.24) is 0 Å². The molecule has 3 aliphatic carbocycles. The minimum atomic E-state index is -1.38. The molecular weight excluding hydrogens is 330 g/mol. The lowest BCUT2D eigenvalue weighted by Crippen LogP contribution is -2.42. The highest BCUT2D eigenvalue weighted by Crippen LogP contribution is 2.65. The average molecular weight is 352 g/mol. The van der Waals surface area contributed by atoms with Gasteiger partial charge in [0, 0.05) is 5.92 Å². The zero-order valence-electron chi connectivity index (χ0n) is 14.1. The van der Waals surface area contributed by atoms with Gasteiger partial charge in [-0.3, -0.25) is 9.59 Å². The number of rotatable bonds is 4. The summed E-state index contributed by atoms with van der Waals surface area (Å²) < 4.78 is 10.4. The molecule has 1 unspecified atom stereocenters. The van der Waals surface area contributed by atoms with Gasteiger partial charge >= 0.3 is 11.9 Å². The zero-order valence-corrected chi connectivity index (χ0v) is 14.8. The molecule has 0 bridgehead atoms. The fourth-order valence-corrected chi connectivity index (χ4v) is 4.73. The van der Waals surface area contributed by atoms with E-state index >= 15 is 0 Å². The van der Waals surface area contributed by atoms with Crippen LogP contribution in [0.1, 0.15) is 46.0 Å². The molecule has 0 radical (unpaired) electrons. The largest absolute Gasteiger partial charge is 0.465 e. The standard InChI is InChI=1S/C18H22ClNO4/c1-3-23-14(21)17(15(22)24-4-2)8-12-7-16(5-6-16)10-18(19,11-20)13(12)9-17/h7,13H,3-6,8-10H2,1-2H3/t13-,18?/m1/s1. The molecule has 1 spiro atoms. The normalized spacial score (nSPS) is 31.6. The van der Waals surface area contributed by atoms with E-state index < -0.39 is 22.2 Å². The first-order valence-electron chi connectivity index (χ1n) is 8.51. The van der Waals surface area contributed by atoms with Gasteiger partial charge in [0.05, 0.1) is 19.3 Å². The van der Waals surface area contributed by atoms with Crippen molar-refractivity contribution in [2.75, 3.05) is 13.2 Å². The molecule has 6 heteroatoms. The molecule has 2 saturated carbocycles. The van der Waals surface area contributed by atoms with Crippen molar-refractivity contribution in [2.24, 2.45) is 16.7 Å². The molecule has 0 aromatic rings. The predicted octanol–water partition coefficient (Wildman–Crippen LogP) is 3.12. The maximum Gasteiger partial charge on any atom is 0.323 e. The number of ether oxygens (including phenoxy) is 2. The van der Waals surface area contributed by atoms with Crippen molar-refractivity contribution in [3.63, 3.8) is 0 Å². The van der Waals surface area contributed by atoms with Crippen molar-refractivity contribution < 1.29 is 19.1 Å². The van der Waals surface area contributed by atoms with E-state index in [9.17, 15) is 14.9 Å². The summed E-state index contributed by atoms with van der Waals surface area (Å²) in [6.07, 6.45) is 5.18. The molecule has 130 valence electrons. The molecule has 0 aliphatic heterocycles. The lowest BCUT2D eigenvalue weighted by atomic mass is 9.73. The molecule has 2 atom stereocenters. The van der Waals surface area contributed by atoms with Gasteiger partial charge in [0.25, 0.3) is 0 Å². The number of hydrogen-bond acceptors (Lipinski definition) is 5. The molecule has 0 amide bonds. The maximum absolute atomic E-state index is 12.6. The van der Waals surface area contributed by atoms with Crippen molar-refractivity contribution in [2.45, 2.75) is 50.8 Å². The van der Waals surface area contributed by atoms with Crippen LogP contribution in [0.25, 0.3) is 0 Å². The number of allylic oxidation sites excluding steroid dienone is 2. The molecule has 0 aromatic carbocycles. The third kappa shape index (κ3) is 2.52. The molecule has 3 aliphatic rings. The van der Waals surface area contributed by atoms with E-state index in [-0.39, 0.29) is 37.4 Å². The Morgan fingerprint density at radius 1 is 1.29 bits per heavy atom. The van der Waals surface area contributed by atoms with Crippen LogP contribution in [-0.2, 0) is 19.1 Å². The molecule has 2 fully saturated rings. The molecule has 24 heavy (non-hydrogen) atoms. The number of nitriles is 1. The van der Waals surface area contributed by atoms with Gasteiger partial charge in [0.15, 0.2) is 5.41 Å². The summed E-state index contributed by atoms with van der Waals surface area (Å²) in [6.45, 7) is 3.80. The van der Waals surface area contributed by atoms with E-state index in [1.54, 1.807) is 13.8 Å². The third-order valence-electron chi connectivity index (χ3n) is 5.57. The van der Waals surface area contributed by atoms with E-state index in [0.29, 0.717) is 6.42 Å². The topological polar surface area (TPSA) is 76.4 Å². The number of hydrogen-bond donors (Lipinski definition) is 0. The Kier molecular flexibility index (Phi) is 4.16. The van der Waals surface area contributed by atoms with Gasteiger partial charge in [-0.15, -0.1) is 11.6 Å². The van der Waals surface area contributed by atoms with Gasteiger partial charge in [0.1, 0.15) is 4.87 Å². The number of carbonyl (C=O) groups is 2. The van der Waals surface area contributed by atoms with Gasteiger partial charge < -0.3 is 9.47 Å². The number of nitrogens with zero attached hydrogens (tertiary/aromatic N) is 1. The first-order chi connectivity index (χ1) is 11.3. The van der Waals surface area contributed by atoms with Crippen molar-refractivity contribution in [3.8, 4) is 6.07 Å². The first-order valence-corrected chi connectivity index (χ1v) is 8.89. The Morgan fingerprint density at radius 3 is 2.33 bits per heavy atom. The van der Waals surface area contributed by atoms with E-state index in [0.717, 1.165) is 18.4 Å². The minimum absolute atomic E-state index is 0.0251. The number of esters is 2. The number of alkyl halides is 1. The quantitative estimate of drug-likeness (QED) is 0.336. The summed E-state index contributed by atoms with van der Waals surface area (Å²) in [4.78, 5) is 24.2. The summed E-state index contributed by atoms with van der Waals surface area (Å²) >= 11 is 6.67. The summed E-state index contributed by atoms with van der Waals surface area (Å²) in [5, 5.41) is 9.67. The highest BCUT2D eigenvalue weighted by Gasteiger charge is 2.64. The van der Waals surface area contributed by atoms with E-state index in [2.05, 4.69) is 12.1 Å². The van der Waals surface area contributed by atoms with Crippen LogP contribution >= 0.6 is 11.6 Å². The van der Waals surface area contributed by atoms with Crippen LogP contribution in [0.5, 0.6) is 0 Å². The molecule has 0 saturated heterocycles. The maximum atomic E-state index is 12.6. The second kappa shape index (κ2) is 5.77. The summed E-state index contributed by atoms with van der Waals surface area (Å²) in [6, 6.07) is 2.25.